The summed E-state index contributed by atoms with van der Waals surface area (Å²) in [6.45, 7) is 6.44. The van der Waals surface area contributed by atoms with Crippen molar-refractivity contribution < 1.29 is 9.53 Å². The summed E-state index contributed by atoms with van der Waals surface area (Å²) >= 11 is 0. The largest absolute Gasteiger partial charge is 0.465 e. The summed E-state index contributed by atoms with van der Waals surface area (Å²) in [4.78, 5) is 11.6. The molecule has 2 heteroatoms. The van der Waals surface area contributed by atoms with Gasteiger partial charge in [-0.3, -0.25) is 0 Å². The number of rotatable bonds is 6. The van der Waals surface area contributed by atoms with Gasteiger partial charge in [0.05, 0.1) is 12.7 Å². The highest BCUT2D eigenvalue weighted by Gasteiger charge is 2.07. The average Bonchev–Trinajstić information content (AvgIpc) is 2.47. The third-order valence-corrected chi connectivity index (χ3v) is 3.23. The Balaban J connectivity index is 2.93. The van der Waals surface area contributed by atoms with Gasteiger partial charge >= 0.3 is 5.97 Å². The van der Waals surface area contributed by atoms with Crippen LogP contribution in [-0.2, 0) is 9.53 Å². The molecule has 0 bridgehead atoms. The average molecular weight is 272 g/mol. The minimum absolute atomic E-state index is 0.284. The fraction of sp³-hybridized carbons (Fsp3) is 0.444. The van der Waals surface area contributed by atoms with Gasteiger partial charge in [-0.25, -0.2) is 4.79 Å². The Hall–Kier alpha value is -1.79. The lowest BCUT2D eigenvalue weighted by atomic mass is 10.0. The van der Waals surface area contributed by atoms with E-state index in [-0.39, 0.29) is 5.97 Å². The van der Waals surface area contributed by atoms with E-state index in [1.165, 1.54) is 12.7 Å². The van der Waals surface area contributed by atoms with Gasteiger partial charge in [-0.15, -0.1) is 5.73 Å². The van der Waals surface area contributed by atoms with Crippen LogP contribution >= 0.6 is 0 Å². The predicted octanol–water partition coefficient (Wildman–Crippen LogP) is 4.71. The van der Waals surface area contributed by atoms with E-state index in [2.05, 4.69) is 50.8 Å². The maximum absolute atomic E-state index is 11.6. The van der Waals surface area contributed by atoms with Crippen LogP contribution in [0, 0.1) is 0 Å². The molecule has 0 unspecified atom stereocenters. The minimum Gasteiger partial charge on any atom is -0.465 e. The molecule has 0 aromatic heterocycles. The van der Waals surface area contributed by atoms with E-state index in [9.17, 15) is 4.79 Å². The van der Waals surface area contributed by atoms with Crippen LogP contribution in [0.5, 0.6) is 0 Å². The first-order valence-corrected chi connectivity index (χ1v) is 7.22. The first kappa shape index (κ1) is 16.3. The van der Waals surface area contributed by atoms with Crippen molar-refractivity contribution in [1.29, 1.82) is 0 Å². The summed E-state index contributed by atoms with van der Waals surface area (Å²) in [6.07, 6.45) is 4.58. The Morgan fingerprint density at radius 1 is 1.30 bits per heavy atom. The normalized spacial score (nSPS) is 10.1. The monoisotopic (exact) mass is 272 g/mol. The van der Waals surface area contributed by atoms with Crippen molar-refractivity contribution in [2.75, 3.05) is 7.11 Å². The maximum atomic E-state index is 11.6. The van der Waals surface area contributed by atoms with Gasteiger partial charge in [-0.2, -0.15) is 0 Å². The molecule has 0 saturated carbocycles. The van der Waals surface area contributed by atoms with Gasteiger partial charge in [0.1, 0.15) is 0 Å². The van der Waals surface area contributed by atoms with E-state index in [4.69, 9.17) is 4.74 Å². The van der Waals surface area contributed by atoms with Gasteiger partial charge in [0.2, 0.25) is 0 Å². The molecule has 1 aromatic rings. The van der Waals surface area contributed by atoms with Gasteiger partial charge in [-0.1, -0.05) is 51.5 Å². The van der Waals surface area contributed by atoms with Crippen molar-refractivity contribution in [2.24, 2.45) is 0 Å². The first-order chi connectivity index (χ1) is 9.58. The van der Waals surface area contributed by atoms with Crippen molar-refractivity contribution in [3.05, 3.63) is 46.7 Å². The fourth-order valence-corrected chi connectivity index (χ4v) is 1.86. The molecule has 0 aliphatic carbocycles. The second kappa shape index (κ2) is 8.39. The lowest BCUT2D eigenvalue weighted by Crippen LogP contribution is -2.03. The maximum Gasteiger partial charge on any atom is 0.341 e. The number of carbonyl (C=O) groups excluding carboxylic acids is 1. The number of hydrogen-bond donors (Lipinski definition) is 0. The lowest BCUT2D eigenvalue weighted by Gasteiger charge is -2.04. The zero-order valence-corrected chi connectivity index (χ0v) is 12.9. The number of carbonyl (C=O) groups is 1. The zero-order chi connectivity index (χ0) is 15.0. The van der Waals surface area contributed by atoms with Crippen LogP contribution in [0.3, 0.4) is 0 Å². The quantitative estimate of drug-likeness (QED) is 0.426. The molecule has 1 rings (SSSR count). The van der Waals surface area contributed by atoms with Crippen LogP contribution in [0.15, 0.2) is 35.6 Å². The molecule has 20 heavy (non-hydrogen) atoms. The number of benzene rings is 1. The van der Waals surface area contributed by atoms with Gasteiger partial charge in [0.15, 0.2) is 0 Å². The molecular formula is C18H24O2. The summed E-state index contributed by atoms with van der Waals surface area (Å²) in [5.41, 5.74) is 6.06. The molecule has 0 spiro atoms. The van der Waals surface area contributed by atoms with Crippen molar-refractivity contribution in [2.45, 2.75) is 46.0 Å². The second-order valence-electron chi connectivity index (χ2n) is 5.18. The third-order valence-electron chi connectivity index (χ3n) is 3.23. The van der Waals surface area contributed by atoms with E-state index in [0.29, 0.717) is 17.9 Å². The Morgan fingerprint density at radius 2 is 1.95 bits per heavy atom. The number of ether oxygens (including phenoxy) is 1. The second-order valence-corrected chi connectivity index (χ2v) is 5.18. The third kappa shape index (κ3) is 5.07. The van der Waals surface area contributed by atoms with Crippen LogP contribution in [0.4, 0.5) is 0 Å². The topological polar surface area (TPSA) is 26.3 Å². The number of methoxy groups -OCH3 is 1. The van der Waals surface area contributed by atoms with Crippen LogP contribution in [0.2, 0.25) is 0 Å². The molecule has 0 fully saturated rings. The van der Waals surface area contributed by atoms with E-state index < -0.39 is 0 Å². The molecule has 0 aliphatic heterocycles. The van der Waals surface area contributed by atoms with Crippen molar-refractivity contribution >= 4 is 12.0 Å². The minimum atomic E-state index is -0.284. The van der Waals surface area contributed by atoms with E-state index in [0.717, 1.165) is 18.4 Å². The van der Waals surface area contributed by atoms with E-state index in [1.54, 1.807) is 0 Å². The molecule has 0 radical (unpaired) electrons. The smallest absolute Gasteiger partial charge is 0.341 e. The fourth-order valence-electron chi connectivity index (χ4n) is 1.86. The van der Waals surface area contributed by atoms with Crippen LogP contribution in [0.1, 0.15) is 57.1 Å². The summed E-state index contributed by atoms with van der Waals surface area (Å²) < 4.78 is 4.79. The first-order valence-electron chi connectivity index (χ1n) is 7.22. The van der Waals surface area contributed by atoms with Crippen molar-refractivity contribution in [1.82, 2.24) is 0 Å². The summed E-state index contributed by atoms with van der Waals surface area (Å²) in [7, 11) is 1.41. The molecule has 0 aliphatic rings. The summed E-state index contributed by atoms with van der Waals surface area (Å²) in [6, 6.07) is 8.33. The van der Waals surface area contributed by atoms with E-state index >= 15 is 0 Å². The molecule has 2 nitrogen and oxygen atoms in total. The molecular weight excluding hydrogens is 248 g/mol. The van der Waals surface area contributed by atoms with Gasteiger partial charge in [0, 0.05) is 0 Å². The van der Waals surface area contributed by atoms with Gasteiger partial charge in [-0.05, 0) is 36.0 Å². The molecule has 0 N–H and O–H groups in total. The van der Waals surface area contributed by atoms with Crippen LogP contribution in [-0.4, -0.2) is 13.1 Å². The Morgan fingerprint density at radius 3 is 2.45 bits per heavy atom. The molecule has 0 atom stereocenters. The zero-order valence-electron chi connectivity index (χ0n) is 12.9. The summed E-state index contributed by atoms with van der Waals surface area (Å²) in [5.74, 6) is 0.243. The molecule has 0 heterocycles. The highest BCUT2D eigenvalue weighted by Crippen LogP contribution is 2.15. The summed E-state index contributed by atoms with van der Waals surface area (Å²) in [5, 5.41) is 0. The highest BCUT2D eigenvalue weighted by atomic mass is 16.5. The van der Waals surface area contributed by atoms with Gasteiger partial charge in [0.25, 0.3) is 0 Å². The SMILES string of the molecule is CCCCC(=C=Cc1ccc(C(C)C)cc1)C(=O)OC. The van der Waals surface area contributed by atoms with Crippen LogP contribution < -0.4 is 0 Å². The molecule has 1 aromatic carbocycles. The molecule has 0 amide bonds. The Kier molecular flexibility index (Phi) is 6.83. The lowest BCUT2D eigenvalue weighted by molar-refractivity contribution is -0.136. The van der Waals surface area contributed by atoms with Gasteiger partial charge < -0.3 is 4.74 Å². The molecule has 0 saturated heterocycles. The highest BCUT2D eigenvalue weighted by molar-refractivity contribution is 5.88. The number of unbranched alkanes of at least 4 members (excludes halogenated alkanes) is 1. The van der Waals surface area contributed by atoms with Crippen molar-refractivity contribution in [3.63, 3.8) is 0 Å². The Bertz CT molecular complexity index is 489. The van der Waals surface area contributed by atoms with Crippen molar-refractivity contribution in [3.8, 4) is 0 Å². The molecule has 108 valence electrons. The standard InChI is InChI=1S/C18H24O2/c1-5-6-7-17(18(19)20-4)13-10-15-8-11-16(12-9-15)14(2)3/h8-12,14H,5-7H2,1-4H3. The number of hydrogen-bond acceptors (Lipinski definition) is 2. The van der Waals surface area contributed by atoms with Crippen LogP contribution in [0.25, 0.3) is 6.08 Å². The number of esters is 1. The van der Waals surface area contributed by atoms with E-state index in [1.807, 2.05) is 6.08 Å². The predicted molar refractivity (Wildman–Crippen MR) is 83.6 cm³/mol. The Labute approximate surface area is 122 Å².